The fraction of sp³-hybridized carbons (Fsp3) is 0.333. The van der Waals surface area contributed by atoms with Gasteiger partial charge in [-0.1, -0.05) is 15.9 Å². The van der Waals surface area contributed by atoms with E-state index in [1.54, 1.807) is 13.8 Å². The summed E-state index contributed by atoms with van der Waals surface area (Å²) in [6.45, 7) is 3.99. The van der Waals surface area contributed by atoms with E-state index in [0.717, 1.165) is 15.5 Å². The number of imidazole rings is 1. The van der Waals surface area contributed by atoms with Gasteiger partial charge in [-0.25, -0.2) is 4.98 Å². The molecule has 2 aromatic rings. The molecule has 0 bridgehead atoms. The third-order valence-electron chi connectivity index (χ3n) is 2.96. The van der Waals surface area contributed by atoms with Crippen molar-refractivity contribution in [2.24, 2.45) is 11.1 Å². The zero-order valence-corrected chi connectivity index (χ0v) is 11.9. The van der Waals surface area contributed by atoms with E-state index in [2.05, 4.69) is 20.9 Å². The van der Waals surface area contributed by atoms with Crippen LogP contribution in [0.5, 0.6) is 0 Å². The zero-order chi connectivity index (χ0) is 13.5. The lowest BCUT2D eigenvalue weighted by Crippen LogP contribution is -2.35. The highest BCUT2D eigenvalue weighted by Gasteiger charge is 2.27. The molecule has 0 aliphatic carbocycles. The number of nitrogen functional groups attached to an aromatic ring is 1. The van der Waals surface area contributed by atoms with Gasteiger partial charge in [-0.05, 0) is 32.0 Å². The van der Waals surface area contributed by atoms with E-state index in [0.29, 0.717) is 12.5 Å². The summed E-state index contributed by atoms with van der Waals surface area (Å²) in [6.07, 6.45) is 0. The summed E-state index contributed by atoms with van der Waals surface area (Å²) in [5, 5.41) is 0. The van der Waals surface area contributed by atoms with Crippen molar-refractivity contribution in [3.8, 4) is 0 Å². The number of nitrogens with two attached hydrogens (primary N) is 2. The van der Waals surface area contributed by atoms with Crippen LogP contribution >= 0.6 is 15.9 Å². The van der Waals surface area contributed by atoms with Crippen LogP contribution in [0.1, 0.15) is 13.8 Å². The predicted octanol–water partition coefficient (Wildman–Crippen LogP) is 1.89. The van der Waals surface area contributed by atoms with Crippen LogP contribution < -0.4 is 11.5 Å². The standard InChI is InChI=1S/C12H15BrN4O/c1-12(2,10(14)18)6-17-9-4-3-7(13)5-8(9)16-11(17)15/h3-5H,6H2,1-2H3,(H2,14,18)(H2,15,16). The molecule has 5 nitrogen and oxygen atoms in total. The lowest BCUT2D eigenvalue weighted by atomic mass is 9.92. The smallest absolute Gasteiger partial charge is 0.224 e. The Morgan fingerprint density at radius 2 is 2.17 bits per heavy atom. The van der Waals surface area contributed by atoms with Crippen molar-refractivity contribution in [2.75, 3.05) is 5.73 Å². The van der Waals surface area contributed by atoms with Gasteiger partial charge in [-0.2, -0.15) is 0 Å². The number of anilines is 1. The minimum atomic E-state index is -0.672. The Hall–Kier alpha value is -1.56. The zero-order valence-electron chi connectivity index (χ0n) is 10.3. The van der Waals surface area contributed by atoms with Gasteiger partial charge in [0.05, 0.1) is 16.4 Å². The van der Waals surface area contributed by atoms with E-state index in [9.17, 15) is 4.79 Å². The maximum Gasteiger partial charge on any atom is 0.224 e. The number of carbonyl (C=O) groups excluding carboxylic acids is 1. The number of rotatable bonds is 3. The summed E-state index contributed by atoms with van der Waals surface area (Å²) in [4.78, 5) is 15.7. The first-order valence-corrected chi connectivity index (χ1v) is 6.32. The molecule has 6 heteroatoms. The van der Waals surface area contributed by atoms with E-state index >= 15 is 0 Å². The summed E-state index contributed by atoms with van der Waals surface area (Å²) < 4.78 is 2.75. The van der Waals surface area contributed by atoms with Gasteiger partial charge in [-0.15, -0.1) is 0 Å². The average molecular weight is 311 g/mol. The summed E-state index contributed by atoms with van der Waals surface area (Å²) in [6, 6.07) is 5.72. The molecular formula is C12H15BrN4O. The van der Waals surface area contributed by atoms with Gasteiger partial charge < -0.3 is 16.0 Å². The molecule has 1 aromatic heterocycles. The van der Waals surface area contributed by atoms with E-state index in [4.69, 9.17) is 11.5 Å². The number of nitrogens with zero attached hydrogens (tertiary/aromatic N) is 2. The van der Waals surface area contributed by atoms with E-state index in [-0.39, 0.29) is 5.91 Å². The lowest BCUT2D eigenvalue weighted by Gasteiger charge is -2.21. The van der Waals surface area contributed by atoms with Crippen molar-refractivity contribution >= 4 is 38.8 Å². The Labute approximate surface area is 113 Å². The van der Waals surface area contributed by atoms with Crippen molar-refractivity contribution in [2.45, 2.75) is 20.4 Å². The molecule has 0 spiro atoms. The van der Waals surface area contributed by atoms with Gasteiger partial charge in [0.1, 0.15) is 0 Å². The summed E-state index contributed by atoms with van der Waals surface area (Å²) in [5.74, 6) is 0.0262. The molecule has 2 rings (SSSR count). The normalized spacial score (nSPS) is 11.9. The molecule has 1 amide bonds. The molecule has 0 atom stereocenters. The molecule has 0 saturated carbocycles. The Bertz CT molecular complexity index is 618. The summed E-state index contributed by atoms with van der Waals surface area (Å²) in [5.41, 5.74) is 12.3. The third-order valence-corrected chi connectivity index (χ3v) is 3.45. The van der Waals surface area contributed by atoms with E-state index < -0.39 is 5.41 Å². The van der Waals surface area contributed by atoms with Crippen LogP contribution in [0.15, 0.2) is 22.7 Å². The number of aromatic nitrogens is 2. The number of hydrogen-bond acceptors (Lipinski definition) is 3. The SMILES string of the molecule is CC(C)(Cn1c(N)nc2cc(Br)ccc21)C(N)=O. The van der Waals surface area contributed by atoms with Crippen LogP contribution in [0, 0.1) is 5.41 Å². The first kappa shape index (κ1) is 12.9. The third kappa shape index (κ3) is 2.20. The number of primary amides is 1. The van der Waals surface area contributed by atoms with Gasteiger partial charge in [0, 0.05) is 11.0 Å². The van der Waals surface area contributed by atoms with Crippen molar-refractivity contribution in [3.63, 3.8) is 0 Å². The molecule has 0 aliphatic rings. The van der Waals surface area contributed by atoms with Crippen LogP contribution in [0.3, 0.4) is 0 Å². The van der Waals surface area contributed by atoms with Crippen LogP contribution in [-0.4, -0.2) is 15.5 Å². The number of fused-ring (bicyclic) bond motifs is 1. The molecule has 18 heavy (non-hydrogen) atoms. The number of hydrogen-bond donors (Lipinski definition) is 2. The quantitative estimate of drug-likeness (QED) is 0.907. The van der Waals surface area contributed by atoms with Crippen molar-refractivity contribution < 1.29 is 4.79 Å². The van der Waals surface area contributed by atoms with Gasteiger partial charge in [0.15, 0.2) is 0 Å². The largest absolute Gasteiger partial charge is 0.369 e. The van der Waals surface area contributed by atoms with Gasteiger partial charge in [-0.3, -0.25) is 4.79 Å². The molecule has 0 unspecified atom stereocenters. The molecule has 1 aromatic carbocycles. The van der Waals surface area contributed by atoms with Crippen LogP contribution in [0.2, 0.25) is 0 Å². The molecular weight excluding hydrogens is 296 g/mol. The topological polar surface area (TPSA) is 86.9 Å². The minimum absolute atomic E-state index is 0.360. The molecule has 0 fully saturated rings. The van der Waals surface area contributed by atoms with Crippen molar-refractivity contribution in [3.05, 3.63) is 22.7 Å². The highest BCUT2D eigenvalue weighted by atomic mass is 79.9. The second-order valence-corrected chi connectivity index (χ2v) is 5.85. The fourth-order valence-corrected chi connectivity index (χ4v) is 2.11. The van der Waals surface area contributed by atoms with Gasteiger partial charge in [0.25, 0.3) is 0 Å². The monoisotopic (exact) mass is 310 g/mol. The second kappa shape index (κ2) is 4.28. The lowest BCUT2D eigenvalue weighted by molar-refractivity contribution is -0.126. The van der Waals surface area contributed by atoms with Crippen LogP contribution in [0.4, 0.5) is 5.95 Å². The van der Waals surface area contributed by atoms with Crippen molar-refractivity contribution in [1.29, 1.82) is 0 Å². The van der Waals surface area contributed by atoms with Crippen molar-refractivity contribution in [1.82, 2.24) is 9.55 Å². The Morgan fingerprint density at radius 3 is 2.78 bits per heavy atom. The van der Waals surface area contributed by atoms with E-state index in [1.165, 1.54) is 0 Å². The average Bonchev–Trinajstić information content (AvgIpc) is 2.54. The summed E-state index contributed by atoms with van der Waals surface area (Å²) >= 11 is 3.39. The molecule has 4 N–H and O–H groups in total. The number of amides is 1. The van der Waals surface area contributed by atoms with Gasteiger partial charge in [0.2, 0.25) is 11.9 Å². The number of halogens is 1. The van der Waals surface area contributed by atoms with Crippen LogP contribution in [-0.2, 0) is 11.3 Å². The number of carbonyl (C=O) groups is 1. The van der Waals surface area contributed by atoms with E-state index in [1.807, 2.05) is 22.8 Å². The molecule has 0 saturated heterocycles. The Balaban J connectivity index is 2.51. The molecule has 0 aliphatic heterocycles. The fourth-order valence-electron chi connectivity index (χ4n) is 1.76. The van der Waals surface area contributed by atoms with Crippen LogP contribution in [0.25, 0.3) is 11.0 Å². The first-order valence-electron chi connectivity index (χ1n) is 5.52. The Kier molecular flexibility index (Phi) is 3.06. The highest BCUT2D eigenvalue weighted by Crippen LogP contribution is 2.26. The maximum absolute atomic E-state index is 11.4. The highest BCUT2D eigenvalue weighted by molar-refractivity contribution is 9.10. The first-order chi connectivity index (χ1) is 8.31. The van der Waals surface area contributed by atoms with Gasteiger partial charge >= 0.3 is 0 Å². The Morgan fingerprint density at radius 1 is 1.50 bits per heavy atom. The number of benzene rings is 1. The maximum atomic E-state index is 11.4. The molecule has 1 heterocycles. The second-order valence-electron chi connectivity index (χ2n) is 4.94. The predicted molar refractivity (Wildman–Crippen MR) is 74.8 cm³/mol. The molecule has 0 radical (unpaired) electrons. The molecule has 96 valence electrons. The minimum Gasteiger partial charge on any atom is -0.369 e. The summed E-state index contributed by atoms with van der Waals surface area (Å²) in [7, 11) is 0.